The van der Waals surface area contributed by atoms with Crippen LogP contribution in [0.1, 0.15) is 22.8 Å². The van der Waals surface area contributed by atoms with Gasteiger partial charge in [-0.25, -0.2) is 4.98 Å². The monoisotopic (exact) mass is 414 g/mol. The van der Waals surface area contributed by atoms with E-state index < -0.39 is 17.9 Å². The summed E-state index contributed by atoms with van der Waals surface area (Å²) in [5.74, 6) is -0.829. The van der Waals surface area contributed by atoms with E-state index in [1.54, 1.807) is 12.1 Å². The average Bonchev–Trinajstić information content (AvgIpc) is 3.17. The van der Waals surface area contributed by atoms with E-state index >= 15 is 0 Å². The summed E-state index contributed by atoms with van der Waals surface area (Å²) < 4.78 is 1.83. The van der Waals surface area contributed by atoms with Crippen LogP contribution in [0.15, 0.2) is 79.0 Å². The second-order valence-corrected chi connectivity index (χ2v) is 7.16. The zero-order chi connectivity index (χ0) is 21.8. The molecule has 0 bridgehead atoms. The molecular formula is C24H22N4O3. The van der Waals surface area contributed by atoms with Crippen LogP contribution in [-0.2, 0) is 11.3 Å². The van der Waals surface area contributed by atoms with E-state index in [-0.39, 0.29) is 0 Å². The number of benzene rings is 2. The Kier molecular flexibility index (Phi) is 5.66. The number of anilines is 1. The number of carboxylic acid groups (broad SMARTS) is 1. The molecule has 0 saturated heterocycles. The minimum absolute atomic E-state index is 0.306. The van der Waals surface area contributed by atoms with Gasteiger partial charge >= 0.3 is 5.97 Å². The number of aliphatic carboxylic acids is 1. The normalized spacial score (nSPS) is 11.8. The third-order valence-corrected chi connectivity index (χ3v) is 4.96. The number of hydrogen-bond donors (Lipinski definition) is 3. The SMILES string of the molecule is CC(NC(=O)c1cccn2c(NCc3ccccc3)c(-c3ccccc3)nc12)C(=O)O. The summed E-state index contributed by atoms with van der Waals surface area (Å²) in [5.41, 5.74) is 3.49. The van der Waals surface area contributed by atoms with E-state index in [1.807, 2.05) is 71.3 Å². The number of nitrogens with zero attached hydrogens (tertiary/aromatic N) is 2. The van der Waals surface area contributed by atoms with Gasteiger partial charge in [-0.05, 0) is 24.6 Å². The molecule has 2 aromatic heterocycles. The Bertz CT molecular complexity index is 1220. The first kappa shape index (κ1) is 20.2. The summed E-state index contributed by atoms with van der Waals surface area (Å²) >= 11 is 0. The maximum atomic E-state index is 12.8. The summed E-state index contributed by atoms with van der Waals surface area (Å²) in [7, 11) is 0. The lowest BCUT2D eigenvalue weighted by molar-refractivity contribution is -0.138. The van der Waals surface area contributed by atoms with E-state index in [1.165, 1.54) is 6.92 Å². The van der Waals surface area contributed by atoms with Gasteiger partial charge in [-0.2, -0.15) is 0 Å². The quantitative estimate of drug-likeness (QED) is 0.427. The molecular weight excluding hydrogens is 392 g/mol. The molecule has 0 aliphatic rings. The molecule has 7 nitrogen and oxygen atoms in total. The van der Waals surface area contributed by atoms with Gasteiger partial charge in [0.05, 0.1) is 5.56 Å². The molecule has 7 heteroatoms. The Morgan fingerprint density at radius 1 is 1.00 bits per heavy atom. The lowest BCUT2D eigenvalue weighted by Gasteiger charge is -2.11. The number of rotatable bonds is 7. The van der Waals surface area contributed by atoms with Crippen molar-refractivity contribution in [2.75, 3.05) is 5.32 Å². The second-order valence-electron chi connectivity index (χ2n) is 7.16. The fraction of sp³-hybridized carbons (Fsp3) is 0.125. The highest BCUT2D eigenvalue weighted by atomic mass is 16.4. The Morgan fingerprint density at radius 2 is 1.68 bits per heavy atom. The molecule has 1 atom stereocenters. The number of carbonyl (C=O) groups excluding carboxylic acids is 1. The van der Waals surface area contributed by atoms with Crippen LogP contribution in [0.4, 0.5) is 5.82 Å². The van der Waals surface area contributed by atoms with Crippen LogP contribution in [0.2, 0.25) is 0 Å². The summed E-state index contributed by atoms with van der Waals surface area (Å²) in [6.45, 7) is 2.01. The predicted octanol–water partition coefficient (Wildman–Crippen LogP) is 3.82. The smallest absolute Gasteiger partial charge is 0.325 e. The molecule has 0 spiro atoms. The number of amides is 1. The van der Waals surface area contributed by atoms with Crippen molar-refractivity contribution < 1.29 is 14.7 Å². The standard InChI is InChI=1S/C24H22N4O3/c1-16(24(30)31)26-23(29)19-13-8-14-28-21(19)27-20(18-11-6-3-7-12-18)22(28)25-15-17-9-4-2-5-10-17/h2-14,16,25H,15H2,1H3,(H,26,29)(H,30,31). The van der Waals surface area contributed by atoms with Crippen molar-refractivity contribution in [1.82, 2.24) is 14.7 Å². The molecule has 31 heavy (non-hydrogen) atoms. The number of pyridine rings is 1. The van der Waals surface area contributed by atoms with E-state index in [9.17, 15) is 9.59 Å². The molecule has 0 fully saturated rings. The number of aromatic nitrogens is 2. The van der Waals surface area contributed by atoms with E-state index in [0.29, 0.717) is 23.4 Å². The van der Waals surface area contributed by atoms with Crippen LogP contribution in [-0.4, -0.2) is 32.4 Å². The number of carboxylic acids is 1. The van der Waals surface area contributed by atoms with Crippen LogP contribution in [0.3, 0.4) is 0 Å². The highest BCUT2D eigenvalue weighted by Crippen LogP contribution is 2.30. The molecule has 0 aliphatic carbocycles. The van der Waals surface area contributed by atoms with Crippen molar-refractivity contribution in [3.8, 4) is 11.3 Å². The van der Waals surface area contributed by atoms with Crippen molar-refractivity contribution in [2.24, 2.45) is 0 Å². The van der Waals surface area contributed by atoms with E-state index in [0.717, 1.165) is 16.9 Å². The fourth-order valence-electron chi connectivity index (χ4n) is 3.33. The number of nitrogens with one attached hydrogen (secondary N) is 2. The first-order valence-corrected chi connectivity index (χ1v) is 9.92. The fourth-order valence-corrected chi connectivity index (χ4v) is 3.33. The van der Waals surface area contributed by atoms with Gasteiger partial charge < -0.3 is 15.7 Å². The molecule has 4 rings (SSSR count). The molecule has 4 aromatic rings. The lowest BCUT2D eigenvalue weighted by Crippen LogP contribution is -2.38. The van der Waals surface area contributed by atoms with Crippen molar-refractivity contribution in [1.29, 1.82) is 0 Å². The van der Waals surface area contributed by atoms with Gasteiger partial charge in [-0.1, -0.05) is 60.7 Å². The molecule has 3 N–H and O–H groups in total. The highest BCUT2D eigenvalue weighted by Gasteiger charge is 2.21. The van der Waals surface area contributed by atoms with Crippen LogP contribution < -0.4 is 10.6 Å². The molecule has 0 saturated carbocycles. The van der Waals surface area contributed by atoms with Gasteiger partial charge in [0.2, 0.25) is 0 Å². The number of hydrogen-bond acceptors (Lipinski definition) is 4. The van der Waals surface area contributed by atoms with Gasteiger partial charge in [0, 0.05) is 18.3 Å². The van der Waals surface area contributed by atoms with Gasteiger partial charge in [0.1, 0.15) is 17.6 Å². The van der Waals surface area contributed by atoms with Crippen molar-refractivity contribution in [3.05, 3.63) is 90.1 Å². The molecule has 2 heterocycles. The van der Waals surface area contributed by atoms with Crippen LogP contribution >= 0.6 is 0 Å². The van der Waals surface area contributed by atoms with Crippen molar-refractivity contribution in [3.63, 3.8) is 0 Å². The van der Waals surface area contributed by atoms with Crippen LogP contribution in [0.25, 0.3) is 16.9 Å². The highest BCUT2D eigenvalue weighted by molar-refractivity contribution is 6.02. The number of imidazole rings is 1. The predicted molar refractivity (Wildman–Crippen MR) is 119 cm³/mol. The largest absolute Gasteiger partial charge is 0.480 e. The van der Waals surface area contributed by atoms with E-state index in [2.05, 4.69) is 10.6 Å². The average molecular weight is 414 g/mol. The zero-order valence-corrected chi connectivity index (χ0v) is 16.9. The molecule has 1 amide bonds. The number of carbonyl (C=O) groups is 2. The summed E-state index contributed by atoms with van der Waals surface area (Å²) in [4.78, 5) is 28.7. The van der Waals surface area contributed by atoms with Crippen molar-refractivity contribution >= 4 is 23.3 Å². The van der Waals surface area contributed by atoms with E-state index in [4.69, 9.17) is 10.1 Å². The van der Waals surface area contributed by atoms with Crippen LogP contribution in [0.5, 0.6) is 0 Å². The maximum absolute atomic E-state index is 12.8. The summed E-state index contributed by atoms with van der Waals surface area (Å²) in [5, 5.41) is 15.1. The molecule has 1 unspecified atom stereocenters. The zero-order valence-electron chi connectivity index (χ0n) is 16.9. The van der Waals surface area contributed by atoms with Gasteiger partial charge in [0.15, 0.2) is 5.65 Å². The maximum Gasteiger partial charge on any atom is 0.325 e. The summed E-state index contributed by atoms with van der Waals surface area (Å²) in [6.07, 6.45) is 1.83. The second kappa shape index (κ2) is 8.71. The Labute approximate surface area is 179 Å². The molecule has 0 aliphatic heterocycles. The Balaban J connectivity index is 1.78. The van der Waals surface area contributed by atoms with Gasteiger partial charge in [0.25, 0.3) is 5.91 Å². The van der Waals surface area contributed by atoms with Gasteiger partial charge in [-0.3, -0.25) is 14.0 Å². The van der Waals surface area contributed by atoms with Crippen molar-refractivity contribution in [2.45, 2.75) is 19.5 Å². The third-order valence-electron chi connectivity index (χ3n) is 4.96. The first-order valence-electron chi connectivity index (χ1n) is 9.92. The lowest BCUT2D eigenvalue weighted by atomic mass is 10.1. The first-order chi connectivity index (χ1) is 15.0. The van der Waals surface area contributed by atoms with Crippen LogP contribution in [0, 0.1) is 0 Å². The minimum atomic E-state index is -1.10. The topological polar surface area (TPSA) is 95.7 Å². The molecule has 0 radical (unpaired) electrons. The Hall–Kier alpha value is -4.13. The third kappa shape index (κ3) is 4.25. The van der Waals surface area contributed by atoms with Gasteiger partial charge in [-0.15, -0.1) is 0 Å². The molecule has 156 valence electrons. The Morgan fingerprint density at radius 3 is 2.35 bits per heavy atom. The molecule has 2 aromatic carbocycles. The summed E-state index contributed by atoms with van der Waals surface area (Å²) in [6, 6.07) is 22.1. The number of fused-ring (bicyclic) bond motifs is 1. The minimum Gasteiger partial charge on any atom is -0.480 e.